The molecule has 7 heteroatoms. The first-order valence-corrected chi connectivity index (χ1v) is 10.8. The van der Waals surface area contributed by atoms with Gasteiger partial charge >= 0.3 is 0 Å². The summed E-state index contributed by atoms with van der Waals surface area (Å²) in [4.78, 5) is 26.6. The molecule has 32 heavy (non-hydrogen) atoms. The van der Waals surface area contributed by atoms with Crippen LogP contribution in [0.5, 0.6) is 11.5 Å². The van der Waals surface area contributed by atoms with Gasteiger partial charge in [0.05, 0.1) is 18.8 Å². The molecule has 0 spiro atoms. The minimum absolute atomic E-state index is 0.0201. The smallest absolute Gasteiger partial charge is 0.265 e. The number of carbonyl (C=O) groups excluding carboxylic acids is 2. The van der Waals surface area contributed by atoms with E-state index in [1.165, 1.54) is 0 Å². The second-order valence-corrected chi connectivity index (χ2v) is 7.83. The monoisotopic (exact) mass is 450 g/mol. The third-order valence-electron chi connectivity index (χ3n) is 5.00. The lowest BCUT2D eigenvalue weighted by atomic mass is 10.1. The van der Waals surface area contributed by atoms with Gasteiger partial charge in [-0.2, -0.15) is 0 Å². The number of hydrogen-bond acceptors (Lipinski definition) is 4. The fourth-order valence-corrected chi connectivity index (χ4v) is 3.51. The van der Waals surface area contributed by atoms with E-state index in [9.17, 15) is 9.59 Å². The van der Waals surface area contributed by atoms with Crippen molar-refractivity contribution in [3.63, 3.8) is 0 Å². The summed E-state index contributed by atoms with van der Waals surface area (Å²) in [6.07, 6.45) is 0.920. The quantitative estimate of drug-likeness (QED) is 0.487. The molecule has 0 atom stereocenters. The summed E-state index contributed by atoms with van der Waals surface area (Å²) in [5, 5.41) is 3.53. The van der Waals surface area contributed by atoms with Crippen LogP contribution in [0.2, 0.25) is 5.02 Å². The lowest BCUT2D eigenvalue weighted by Gasteiger charge is -2.30. The molecule has 1 N–H and O–H groups in total. The van der Waals surface area contributed by atoms with E-state index in [-0.39, 0.29) is 18.4 Å². The number of amides is 2. The highest BCUT2D eigenvalue weighted by atomic mass is 35.5. The Bertz CT molecular complexity index is 1090. The Morgan fingerprint density at radius 2 is 1.84 bits per heavy atom. The summed E-state index contributed by atoms with van der Waals surface area (Å²) in [6, 6.07) is 22.2. The zero-order valence-electron chi connectivity index (χ0n) is 17.4. The highest BCUT2D eigenvalue weighted by Gasteiger charge is 2.26. The van der Waals surface area contributed by atoms with E-state index in [0.29, 0.717) is 48.1 Å². The summed E-state index contributed by atoms with van der Waals surface area (Å²) in [7, 11) is 0. The van der Waals surface area contributed by atoms with Crippen molar-refractivity contribution in [3.8, 4) is 11.5 Å². The Labute approximate surface area is 191 Å². The van der Waals surface area contributed by atoms with Crippen molar-refractivity contribution in [2.75, 3.05) is 23.4 Å². The first-order chi connectivity index (χ1) is 15.6. The number of fused-ring (bicyclic) bond motifs is 1. The average Bonchev–Trinajstić information content (AvgIpc) is 2.81. The number of benzene rings is 3. The van der Waals surface area contributed by atoms with Gasteiger partial charge in [-0.05, 0) is 54.4 Å². The molecule has 3 aromatic rings. The van der Waals surface area contributed by atoms with Crippen LogP contribution in [0.15, 0.2) is 72.8 Å². The maximum absolute atomic E-state index is 12.5. The number of rotatable bonds is 8. The van der Waals surface area contributed by atoms with E-state index in [2.05, 4.69) is 5.32 Å². The number of halogens is 1. The number of hydrogen-bond donors (Lipinski definition) is 1. The van der Waals surface area contributed by atoms with Crippen LogP contribution < -0.4 is 19.7 Å². The third-order valence-corrected chi connectivity index (χ3v) is 5.25. The number of nitrogens with one attached hydrogen (secondary N) is 1. The van der Waals surface area contributed by atoms with Crippen molar-refractivity contribution >= 4 is 34.8 Å². The zero-order valence-corrected chi connectivity index (χ0v) is 18.2. The molecule has 0 fully saturated rings. The number of anilines is 2. The Hall–Kier alpha value is -3.51. The van der Waals surface area contributed by atoms with Gasteiger partial charge in [0, 0.05) is 17.1 Å². The van der Waals surface area contributed by atoms with Crippen molar-refractivity contribution in [2.45, 2.75) is 19.4 Å². The lowest BCUT2D eigenvalue weighted by molar-refractivity contribution is -0.121. The highest BCUT2D eigenvalue weighted by molar-refractivity contribution is 6.30. The number of para-hydroxylation sites is 1. The molecule has 0 saturated heterocycles. The molecule has 2 amide bonds. The van der Waals surface area contributed by atoms with Crippen LogP contribution in [0.25, 0.3) is 0 Å². The SMILES string of the molecule is O=C(CCCOc1ccccc1)Nc1ccc2c(c1)N(Cc1ccc(Cl)cc1)C(=O)CO2. The predicted molar refractivity (Wildman–Crippen MR) is 124 cm³/mol. The molecule has 0 saturated carbocycles. The van der Waals surface area contributed by atoms with Crippen molar-refractivity contribution in [2.24, 2.45) is 0 Å². The summed E-state index contributed by atoms with van der Waals surface area (Å²) >= 11 is 5.96. The van der Waals surface area contributed by atoms with Crippen LogP contribution in [0.3, 0.4) is 0 Å². The van der Waals surface area contributed by atoms with E-state index in [1.807, 2.05) is 42.5 Å². The molecule has 3 aromatic carbocycles. The molecule has 0 bridgehead atoms. The van der Waals surface area contributed by atoms with Crippen molar-refractivity contribution in [3.05, 3.63) is 83.4 Å². The lowest BCUT2D eigenvalue weighted by Crippen LogP contribution is -2.38. The highest BCUT2D eigenvalue weighted by Crippen LogP contribution is 2.35. The molecule has 6 nitrogen and oxygen atoms in total. The standard InChI is InChI=1S/C25H23ClN2O4/c26-19-10-8-18(9-11-19)16-28-22-15-20(12-13-23(22)32-17-25(28)30)27-24(29)7-4-14-31-21-5-2-1-3-6-21/h1-3,5-6,8-13,15H,4,7,14,16-17H2,(H,27,29). The van der Waals surface area contributed by atoms with Gasteiger partial charge in [-0.25, -0.2) is 0 Å². The minimum atomic E-state index is -0.144. The normalized spacial score (nSPS) is 12.7. The fourth-order valence-electron chi connectivity index (χ4n) is 3.39. The molecule has 164 valence electrons. The van der Waals surface area contributed by atoms with Crippen LogP contribution in [0.4, 0.5) is 11.4 Å². The van der Waals surface area contributed by atoms with Crippen molar-refractivity contribution in [1.29, 1.82) is 0 Å². The van der Waals surface area contributed by atoms with E-state index < -0.39 is 0 Å². The van der Waals surface area contributed by atoms with Gasteiger partial charge in [0.15, 0.2) is 6.61 Å². The summed E-state index contributed by atoms with van der Waals surface area (Å²) in [5.41, 5.74) is 2.18. The molecule has 0 aliphatic carbocycles. The molecule has 4 rings (SSSR count). The molecule has 1 aliphatic heterocycles. The molecule has 0 radical (unpaired) electrons. The average molecular weight is 451 g/mol. The Morgan fingerprint density at radius 3 is 2.62 bits per heavy atom. The van der Waals surface area contributed by atoms with Crippen LogP contribution >= 0.6 is 11.6 Å². The molecule has 0 unspecified atom stereocenters. The second kappa shape index (κ2) is 10.2. The zero-order chi connectivity index (χ0) is 22.3. The largest absolute Gasteiger partial charge is 0.494 e. The molecular formula is C25H23ClN2O4. The van der Waals surface area contributed by atoms with Crippen LogP contribution in [-0.4, -0.2) is 25.0 Å². The summed E-state index contributed by atoms with van der Waals surface area (Å²) in [5.74, 6) is 1.13. The van der Waals surface area contributed by atoms with E-state index in [4.69, 9.17) is 21.1 Å². The third kappa shape index (κ3) is 5.59. The number of carbonyl (C=O) groups is 2. The van der Waals surface area contributed by atoms with Gasteiger partial charge in [0.25, 0.3) is 5.91 Å². The van der Waals surface area contributed by atoms with Gasteiger partial charge in [-0.3, -0.25) is 9.59 Å². The van der Waals surface area contributed by atoms with Crippen molar-refractivity contribution < 1.29 is 19.1 Å². The van der Waals surface area contributed by atoms with E-state index in [0.717, 1.165) is 11.3 Å². The summed E-state index contributed by atoms with van der Waals surface area (Å²) in [6.45, 7) is 0.827. The van der Waals surface area contributed by atoms with E-state index in [1.54, 1.807) is 35.2 Å². The van der Waals surface area contributed by atoms with Gasteiger partial charge in [-0.15, -0.1) is 0 Å². The van der Waals surface area contributed by atoms with Crippen molar-refractivity contribution in [1.82, 2.24) is 0 Å². The number of nitrogens with zero attached hydrogens (tertiary/aromatic N) is 1. The van der Waals surface area contributed by atoms with Gasteiger partial charge in [0.2, 0.25) is 5.91 Å². The molecule has 0 aromatic heterocycles. The van der Waals surface area contributed by atoms with Gasteiger partial charge in [0.1, 0.15) is 11.5 Å². The first kappa shape index (κ1) is 21.7. The van der Waals surface area contributed by atoms with E-state index >= 15 is 0 Å². The van der Waals surface area contributed by atoms with Gasteiger partial charge < -0.3 is 19.7 Å². The minimum Gasteiger partial charge on any atom is -0.494 e. The molecule has 1 aliphatic rings. The Kier molecular flexibility index (Phi) is 6.92. The Morgan fingerprint density at radius 1 is 1.06 bits per heavy atom. The van der Waals surface area contributed by atoms with Crippen LogP contribution in [0, 0.1) is 0 Å². The maximum Gasteiger partial charge on any atom is 0.265 e. The summed E-state index contributed by atoms with van der Waals surface area (Å²) < 4.78 is 11.2. The topological polar surface area (TPSA) is 67.9 Å². The molecular weight excluding hydrogens is 428 g/mol. The fraction of sp³-hybridized carbons (Fsp3) is 0.200. The Balaban J connectivity index is 1.37. The van der Waals surface area contributed by atoms with Crippen LogP contribution in [-0.2, 0) is 16.1 Å². The second-order valence-electron chi connectivity index (χ2n) is 7.39. The first-order valence-electron chi connectivity index (χ1n) is 10.4. The molecule has 1 heterocycles. The maximum atomic E-state index is 12.5. The predicted octanol–water partition coefficient (Wildman–Crippen LogP) is 5.06. The number of ether oxygens (including phenoxy) is 2. The van der Waals surface area contributed by atoms with Gasteiger partial charge in [-0.1, -0.05) is 41.9 Å². The van der Waals surface area contributed by atoms with Crippen LogP contribution in [0.1, 0.15) is 18.4 Å².